The molecule has 0 aromatic heterocycles. The molecular formula is C42H30. The highest BCUT2D eigenvalue weighted by Gasteiger charge is 2.17. The first-order valence-electron chi connectivity index (χ1n) is 14.7. The molecule has 0 aliphatic rings. The fraction of sp³-hybridized carbons (Fsp3) is 0.0476. The zero-order valence-corrected chi connectivity index (χ0v) is 23.9. The van der Waals surface area contributed by atoms with Crippen LogP contribution in [0.3, 0.4) is 0 Å². The van der Waals surface area contributed by atoms with Gasteiger partial charge in [-0.3, -0.25) is 0 Å². The van der Waals surface area contributed by atoms with Crippen LogP contribution in [0.2, 0.25) is 0 Å². The second kappa shape index (κ2) is 9.72. The third-order valence-electron chi connectivity index (χ3n) is 8.77. The SMILES string of the molecule is Cc1cc(-c2ccc3ccccc3c2)c2cccc(-c3c(C)cc(-c4ccc5ccccc5c4)c4ccccc34)c2c1. The van der Waals surface area contributed by atoms with E-state index in [0.29, 0.717) is 0 Å². The summed E-state index contributed by atoms with van der Waals surface area (Å²) in [6, 6.07) is 53.7. The van der Waals surface area contributed by atoms with Gasteiger partial charge in [0.1, 0.15) is 0 Å². The Bertz CT molecular complexity index is 2320. The van der Waals surface area contributed by atoms with Gasteiger partial charge in [-0.2, -0.15) is 0 Å². The summed E-state index contributed by atoms with van der Waals surface area (Å²) in [6.07, 6.45) is 0. The Balaban J connectivity index is 1.37. The van der Waals surface area contributed by atoms with E-state index in [4.69, 9.17) is 0 Å². The topological polar surface area (TPSA) is 0 Å². The van der Waals surface area contributed by atoms with E-state index in [1.807, 2.05) is 0 Å². The van der Waals surface area contributed by atoms with Crippen molar-refractivity contribution in [1.82, 2.24) is 0 Å². The summed E-state index contributed by atoms with van der Waals surface area (Å²) in [6.45, 7) is 4.49. The zero-order valence-electron chi connectivity index (χ0n) is 23.9. The molecule has 8 aromatic rings. The third kappa shape index (κ3) is 3.99. The largest absolute Gasteiger partial charge is 0.0616 e. The fourth-order valence-electron chi connectivity index (χ4n) is 6.81. The van der Waals surface area contributed by atoms with E-state index < -0.39 is 0 Å². The maximum atomic E-state index is 2.39. The molecule has 0 atom stereocenters. The lowest BCUT2D eigenvalue weighted by molar-refractivity contribution is 1.48. The zero-order chi connectivity index (χ0) is 28.2. The quantitative estimate of drug-likeness (QED) is 0.211. The van der Waals surface area contributed by atoms with E-state index in [1.54, 1.807) is 0 Å². The molecule has 0 saturated heterocycles. The molecule has 0 bridgehead atoms. The molecule has 0 unspecified atom stereocenters. The number of aryl methyl sites for hydroxylation is 2. The first kappa shape index (κ1) is 24.6. The lowest BCUT2D eigenvalue weighted by atomic mass is 9.85. The van der Waals surface area contributed by atoms with Crippen molar-refractivity contribution in [3.05, 3.63) is 157 Å². The van der Waals surface area contributed by atoms with Crippen LogP contribution in [0, 0.1) is 13.8 Å². The molecule has 0 heterocycles. The van der Waals surface area contributed by atoms with Gasteiger partial charge < -0.3 is 0 Å². The van der Waals surface area contributed by atoms with Crippen LogP contribution in [0.1, 0.15) is 11.1 Å². The molecule has 0 radical (unpaired) electrons. The second-order valence-corrected chi connectivity index (χ2v) is 11.5. The molecule has 0 spiro atoms. The number of hydrogen-bond donors (Lipinski definition) is 0. The second-order valence-electron chi connectivity index (χ2n) is 11.5. The van der Waals surface area contributed by atoms with Crippen molar-refractivity contribution in [2.75, 3.05) is 0 Å². The average Bonchev–Trinajstić information content (AvgIpc) is 3.03. The molecule has 0 fully saturated rings. The first-order valence-corrected chi connectivity index (χ1v) is 14.7. The maximum absolute atomic E-state index is 2.39. The molecule has 0 heteroatoms. The van der Waals surface area contributed by atoms with E-state index >= 15 is 0 Å². The molecule has 0 aliphatic carbocycles. The highest BCUT2D eigenvalue weighted by atomic mass is 14.2. The van der Waals surface area contributed by atoms with Crippen molar-refractivity contribution < 1.29 is 0 Å². The normalized spacial score (nSPS) is 11.6. The monoisotopic (exact) mass is 534 g/mol. The standard InChI is InChI=1S/C42H30/c1-27-22-39(33-20-18-29-10-3-5-12-31(29)25-33)36-16-9-17-38(41(36)23-27)42-28(2)24-40(35-14-7-8-15-37(35)42)34-21-19-30-11-4-6-13-32(30)26-34/h3-26H,1-2H3. The van der Waals surface area contributed by atoms with Gasteiger partial charge in [-0.15, -0.1) is 0 Å². The summed E-state index contributed by atoms with van der Waals surface area (Å²) in [7, 11) is 0. The Morgan fingerprint density at radius 3 is 1.52 bits per heavy atom. The van der Waals surface area contributed by atoms with Crippen LogP contribution >= 0.6 is 0 Å². The fourth-order valence-corrected chi connectivity index (χ4v) is 6.81. The number of hydrogen-bond acceptors (Lipinski definition) is 0. The van der Waals surface area contributed by atoms with Crippen LogP contribution in [0.25, 0.3) is 76.5 Å². The van der Waals surface area contributed by atoms with Gasteiger partial charge in [0.2, 0.25) is 0 Å². The molecule has 0 nitrogen and oxygen atoms in total. The molecule has 0 aliphatic heterocycles. The molecule has 8 aromatic carbocycles. The molecule has 42 heavy (non-hydrogen) atoms. The third-order valence-corrected chi connectivity index (χ3v) is 8.77. The van der Waals surface area contributed by atoms with Gasteiger partial charge in [0.15, 0.2) is 0 Å². The van der Waals surface area contributed by atoms with Crippen molar-refractivity contribution in [3.8, 4) is 33.4 Å². The van der Waals surface area contributed by atoms with Gasteiger partial charge in [-0.25, -0.2) is 0 Å². The lowest BCUT2D eigenvalue weighted by Crippen LogP contribution is -1.93. The van der Waals surface area contributed by atoms with Crippen LogP contribution in [0.4, 0.5) is 0 Å². The summed E-state index contributed by atoms with van der Waals surface area (Å²) < 4.78 is 0. The molecule has 198 valence electrons. The highest BCUT2D eigenvalue weighted by molar-refractivity contribution is 6.13. The summed E-state index contributed by atoms with van der Waals surface area (Å²) in [5.74, 6) is 0. The molecular weight excluding hydrogens is 504 g/mol. The summed E-state index contributed by atoms with van der Waals surface area (Å²) in [5, 5.41) is 10.2. The van der Waals surface area contributed by atoms with Crippen molar-refractivity contribution in [1.29, 1.82) is 0 Å². The minimum Gasteiger partial charge on any atom is -0.0616 e. The van der Waals surface area contributed by atoms with Crippen LogP contribution in [0.15, 0.2) is 146 Å². The van der Waals surface area contributed by atoms with Gasteiger partial charge in [0, 0.05) is 0 Å². The number of rotatable bonds is 3. The van der Waals surface area contributed by atoms with Gasteiger partial charge >= 0.3 is 0 Å². The average molecular weight is 535 g/mol. The molecule has 0 N–H and O–H groups in total. The van der Waals surface area contributed by atoms with Crippen molar-refractivity contribution in [2.24, 2.45) is 0 Å². The number of benzene rings is 8. The minimum absolute atomic E-state index is 1.26. The maximum Gasteiger partial charge on any atom is -0.00694 e. The van der Waals surface area contributed by atoms with Crippen molar-refractivity contribution in [3.63, 3.8) is 0 Å². The summed E-state index contributed by atoms with van der Waals surface area (Å²) >= 11 is 0. The summed E-state index contributed by atoms with van der Waals surface area (Å²) in [4.78, 5) is 0. The Morgan fingerprint density at radius 2 is 0.857 bits per heavy atom. The molecule has 0 saturated carbocycles. The van der Waals surface area contributed by atoms with Gasteiger partial charge in [0.05, 0.1) is 0 Å². The van der Waals surface area contributed by atoms with E-state index in [9.17, 15) is 0 Å². The lowest BCUT2D eigenvalue weighted by Gasteiger charge is -2.19. The first-order chi connectivity index (χ1) is 20.6. The van der Waals surface area contributed by atoms with Crippen molar-refractivity contribution in [2.45, 2.75) is 13.8 Å². The molecule has 0 amide bonds. The van der Waals surface area contributed by atoms with Crippen LogP contribution < -0.4 is 0 Å². The van der Waals surface area contributed by atoms with Gasteiger partial charge in [-0.1, -0.05) is 133 Å². The van der Waals surface area contributed by atoms with E-state index in [1.165, 1.54) is 87.6 Å². The Labute approximate surface area is 246 Å². The Morgan fingerprint density at radius 1 is 0.333 bits per heavy atom. The minimum atomic E-state index is 1.26. The smallest absolute Gasteiger partial charge is 0.00694 e. The Kier molecular flexibility index (Phi) is 5.69. The van der Waals surface area contributed by atoms with Gasteiger partial charge in [0.25, 0.3) is 0 Å². The molecule has 8 rings (SSSR count). The van der Waals surface area contributed by atoms with Crippen LogP contribution in [-0.4, -0.2) is 0 Å². The van der Waals surface area contributed by atoms with E-state index in [-0.39, 0.29) is 0 Å². The number of fused-ring (bicyclic) bond motifs is 4. The van der Waals surface area contributed by atoms with E-state index in [2.05, 4.69) is 159 Å². The predicted molar refractivity (Wildman–Crippen MR) is 182 cm³/mol. The van der Waals surface area contributed by atoms with Gasteiger partial charge in [-0.05, 0) is 114 Å². The van der Waals surface area contributed by atoms with Crippen molar-refractivity contribution >= 4 is 43.1 Å². The highest BCUT2D eigenvalue weighted by Crippen LogP contribution is 2.43. The van der Waals surface area contributed by atoms with Crippen LogP contribution in [-0.2, 0) is 0 Å². The van der Waals surface area contributed by atoms with Crippen LogP contribution in [0.5, 0.6) is 0 Å². The summed E-state index contributed by atoms with van der Waals surface area (Å²) in [5.41, 5.74) is 10.2. The Hall–Kier alpha value is -5.20. The van der Waals surface area contributed by atoms with E-state index in [0.717, 1.165) is 0 Å². The predicted octanol–water partition coefficient (Wildman–Crippen LogP) is 11.9.